The van der Waals surface area contributed by atoms with E-state index in [1.807, 2.05) is 13.1 Å². The fourth-order valence-corrected chi connectivity index (χ4v) is 5.96. The molecule has 1 aliphatic heterocycles. The molecule has 168 valence electrons. The number of nitrogens with zero attached hydrogens (tertiary/aromatic N) is 6. The molecule has 5 heterocycles. The van der Waals surface area contributed by atoms with Crippen LogP contribution in [0.1, 0.15) is 46.2 Å². The SMILES string of the molecule is Cc1cn2cc(-c3ncc4nc(N(C)C5CC(C)(C)NC(C)(C)C5)sc4n3)cc(F)c2n1. The summed E-state index contributed by atoms with van der Waals surface area (Å²) in [5.41, 5.74) is 2.54. The molecule has 1 N–H and O–H groups in total. The first kappa shape index (κ1) is 21.2. The van der Waals surface area contributed by atoms with Crippen molar-refractivity contribution < 1.29 is 4.39 Å². The van der Waals surface area contributed by atoms with Gasteiger partial charge in [-0.15, -0.1) is 0 Å². The van der Waals surface area contributed by atoms with E-state index in [-0.39, 0.29) is 16.9 Å². The van der Waals surface area contributed by atoms with Crippen molar-refractivity contribution in [2.75, 3.05) is 11.9 Å². The number of aryl methyl sites for hydroxylation is 1. The molecule has 0 saturated carbocycles. The number of aromatic nitrogens is 5. The van der Waals surface area contributed by atoms with E-state index in [9.17, 15) is 4.39 Å². The maximum absolute atomic E-state index is 14.5. The van der Waals surface area contributed by atoms with Gasteiger partial charge in [-0.1, -0.05) is 11.3 Å². The summed E-state index contributed by atoms with van der Waals surface area (Å²) in [6, 6.07) is 1.81. The van der Waals surface area contributed by atoms with Crippen LogP contribution in [0.15, 0.2) is 24.7 Å². The van der Waals surface area contributed by atoms with Crippen LogP contribution in [-0.4, -0.2) is 48.5 Å². The largest absolute Gasteiger partial charge is 0.348 e. The van der Waals surface area contributed by atoms with Crippen molar-refractivity contribution in [1.82, 2.24) is 29.7 Å². The Morgan fingerprint density at radius 3 is 2.56 bits per heavy atom. The van der Waals surface area contributed by atoms with E-state index in [1.54, 1.807) is 28.1 Å². The Bertz CT molecular complexity index is 1310. The molecule has 0 unspecified atom stereocenters. The molecule has 1 fully saturated rings. The van der Waals surface area contributed by atoms with Crippen molar-refractivity contribution >= 4 is 32.5 Å². The van der Waals surface area contributed by atoms with Crippen molar-refractivity contribution in [3.8, 4) is 11.4 Å². The molecule has 0 amide bonds. The van der Waals surface area contributed by atoms with E-state index in [2.05, 4.69) is 54.9 Å². The second-order valence-electron chi connectivity index (χ2n) is 10.1. The lowest BCUT2D eigenvalue weighted by Crippen LogP contribution is -2.61. The summed E-state index contributed by atoms with van der Waals surface area (Å²) in [4.78, 5) is 21.3. The number of thiazole rings is 1. The highest BCUT2D eigenvalue weighted by atomic mass is 32.1. The molecule has 1 saturated heterocycles. The van der Waals surface area contributed by atoms with E-state index in [0.717, 1.165) is 34.0 Å². The molecule has 5 rings (SSSR count). The number of hydrogen-bond donors (Lipinski definition) is 1. The minimum atomic E-state index is -0.389. The molecule has 32 heavy (non-hydrogen) atoms. The number of imidazole rings is 1. The van der Waals surface area contributed by atoms with Gasteiger partial charge in [0.2, 0.25) is 0 Å². The van der Waals surface area contributed by atoms with Gasteiger partial charge in [0.25, 0.3) is 0 Å². The van der Waals surface area contributed by atoms with Gasteiger partial charge in [0, 0.05) is 42.1 Å². The maximum atomic E-state index is 14.5. The van der Waals surface area contributed by atoms with Crippen LogP contribution >= 0.6 is 11.3 Å². The average Bonchev–Trinajstić information content (AvgIpc) is 3.27. The van der Waals surface area contributed by atoms with Gasteiger partial charge in [0.15, 0.2) is 22.4 Å². The van der Waals surface area contributed by atoms with Crippen LogP contribution in [0.2, 0.25) is 0 Å². The first-order valence-corrected chi connectivity index (χ1v) is 11.6. The first-order valence-electron chi connectivity index (χ1n) is 10.8. The summed E-state index contributed by atoms with van der Waals surface area (Å²) in [5.74, 6) is 0.0896. The molecule has 4 aromatic rings. The number of nitrogens with one attached hydrogen (secondary N) is 1. The van der Waals surface area contributed by atoms with Crippen LogP contribution in [0.4, 0.5) is 9.52 Å². The molecule has 0 aromatic carbocycles. The molecule has 0 bridgehead atoms. The predicted molar refractivity (Wildman–Crippen MR) is 127 cm³/mol. The maximum Gasteiger partial charge on any atom is 0.187 e. The molecule has 4 aromatic heterocycles. The third-order valence-corrected chi connectivity index (χ3v) is 7.10. The molecular weight excluding hydrogens is 425 g/mol. The monoisotopic (exact) mass is 453 g/mol. The Hall–Kier alpha value is -2.65. The number of hydrogen-bond acceptors (Lipinski definition) is 7. The number of rotatable bonds is 3. The van der Waals surface area contributed by atoms with Crippen molar-refractivity contribution in [2.24, 2.45) is 0 Å². The van der Waals surface area contributed by atoms with Crippen molar-refractivity contribution in [2.45, 2.75) is 64.6 Å². The number of halogens is 1. The van der Waals surface area contributed by atoms with Crippen molar-refractivity contribution in [3.05, 3.63) is 36.2 Å². The standard InChI is InChI=1S/C23H28FN7S/c1-13-11-31-12-14(7-16(24)19(31)26-13)18-25-10-17-20(28-18)32-21(27-17)30(6)15-8-22(2,3)29-23(4,5)9-15/h7,10-12,15,29H,8-9H2,1-6H3. The minimum Gasteiger partial charge on any atom is -0.348 e. The molecule has 0 radical (unpaired) electrons. The zero-order chi connectivity index (χ0) is 22.8. The summed E-state index contributed by atoms with van der Waals surface area (Å²) in [6.07, 6.45) is 7.39. The lowest BCUT2D eigenvalue weighted by atomic mass is 9.79. The third kappa shape index (κ3) is 3.84. The lowest BCUT2D eigenvalue weighted by molar-refractivity contribution is 0.161. The molecule has 0 atom stereocenters. The Kier molecular flexibility index (Phi) is 4.76. The Balaban J connectivity index is 1.48. The molecule has 7 nitrogen and oxygen atoms in total. The Morgan fingerprint density at radius 1 is 1.12 bits per heavy atom. The van der Waals surface area contributed by atoms with Gasteiger partial charge in [0.05, 0.1) is 11.9 Å². The second-order valence-corrected chi connectivity index (χ2v) is 11.1. The second kappa shape index (κ2) is 7.18. The fourth-order valence-electron chi connectivity index (χ4n) is 5.01. The van der Waals surface area contributed by atoms with Crippen LogP contribution in [0.5, 0.6) is 0 Å². The highest BCUT2D eigenvalue weighted by Gasteiger charge is 2.39. The van der Waals surface area contributed by atoms with Crippen molar-refractivity contribution in [1.29, 1.82) is 0 Å². The zero-order valence-corrected chi connectivity index (χ0v) is 20.1. The molecule has 0 aliphatic carbocycles. The topological polar surface area (TPSA) is 71.2 Å². The van der Waals surface area contributed by atoms with Crippen LogP contribution in [0.25, 0.3) is 27.4 Å². The number of pyridine rings is 1. The van der Waals surface area contributed by atoms with Crippen LogP contribution in [0, 0.1) is 12.7 Å². The summed E-state index contributed by atoms with van der Waals surface area (Å²) in [6.45, 7) is 10.9. The highest BCUT2D eigenvalue weighted by Crippen LogP contribution is 2.36. The molecule has 1 aliphatic rings. The quantitative estimate of drug-likeness (QED) is 0.489. The molecular formula is C23H28FN7S. The summed E-state index contributed by atoms with van der Waals surface area (Å²) in [5, 5.41) is 4.66. The fraction of sp³-hybridized carbons (Fsp3) is 0.478. The van der Waals surface area contributed by atoms with Crippen LogP contribution < -0.4 is 10.2 Å². The zero-order valence-electron chi connectivity index (χ0n) is 19.3. The molecule has 9 heteroatoms. The normalized spacial score (nSPS) is 18.5. The average molecular weight is 454 g/mol. The summed E-state index contributed by atoms with van der Waals surface area (Å²) < 4.78 is 16.2. The Morgan fingerprint density at radius 2 is 1.84 bits per heavy atom. The number of fused-ring (bicyclic) bond motifs is 2. The van der Waals surface area contributed by atoms with E-state index < -0.39 is 0 Å². The van der Waals surface area contributed by atoms with E-state index >= 15 is 0 Å². The predicted octanol–water partition coefficient (Wildman–Crippen LogP) is 4.59. The summed E-state index contributed by atoms with van der Waals surface area (Å²) >= 11 is 1.55. The van der Waals surface area contributed by atoms with Crippen LogP contribution in [-0.2, 0) is 0 Å². The van der Waals surface area contributed by atoms with Gasteiger partial charge < -0.3 is 14.6 Å². The minimum absolute atomic E-state index is 0.0543. The van der Waals surface area contributed by atoms with Gasteiger partial charge in [-0.2, -0.15) is 0 Å². The Labute approximate surface area is 190 Å². The number of anilines is 1. The van der Waals surface area contributed by atoms with Gasteiger partial charge in [-0.25, -0.2) is 24.3 Å². The smallest absolute Gasteiger partial charge is 0.187 e. The van der Waals surface area contributed by atoms with E-state index in [0.29, 0.717) is 23.1 Å². The van der Waals surface area contributed by atoms with Gasteiger partial charge in [0.1, 0.15) is 10.3 Å². The van der Waals surface area contributed by atoms with Crippen LogP contribution in [0.3, 0.4) is 0 Å². The summed E-state index contributed by atoms with van der Waals surface area (Å²) in [7, 11) is 2.11. The first-order chi connectivity index (χ1) is 15.0. The van der Waals surface area contributed by atoms with Gasteiger partial charge in [-0.3, -0.25) is 0 Å². The van der Waals surface area contributed by atoms with Gasteiger partial charge in [-0.05, 0) is 53.5 Å². The lowest BCUT2D eigenvalue weighted by Gasteiger charge is -2.48. The third-order valence-electron chi connectivity index (χ3n) is 6.04. The van der Waals surface area contributed by atoms with E-state index in [4.69, 9.17) is 9.97 Å². The van der Waals surface area contributed by atoms with E-state index in [1.165, 1.54) is 6.07 Å². The molecule has 0 spiro atoms. The van der Waals surface area contributed by atoms with Gasteiger partial charge >= 0.3 is 0 Å². The highest BCUT2D eigenvalue weighted by molar-refractivity contribution is 7.21. The number of piperidine rings is 1. The van der Waals surface area contributed by atoms with Crippen molar-refractivity contribution in [3.63, 3.8) is 0 Å².